The SMILES string of the molecule is CCn1c(-c2nonc2N)nc2c(-c3ccccc3)ncc(OCCCN=C(N)Nc3ccc(O)cc3)c21.O=C(O)C(F)(F)F. The number of pyridine rings is 1. The summed E-state index contributed by atoms with van der Waals surface area (Å²) in [6.07, 6.45) is -2.76. The Kier molecular flexibility index (Phi) is 10.0. The number of phenolic OH excluding ortho intramolecular Hbond substituents is 1. The molecule has 0 aliphatic heterocycles. The zero-order chi connectivity index (χ0) is 32.6. The first-order valence-electron chi connectivity index (χ1n) is 13.3. The van der Waals surface area contributed by atoms with E-state index >= 15 is 0 Å². The molecule has 2 aromatic carbocycles. The quantitative estimate of drug-likeness (QED) is 0.0670. The number of carboxylic acids is 1. The van der Waals surface area contributed by atoms with Crippen LogP contribution in [0, 0.1) is 0 Å². The van der Waals surface area contributed by atoms with Crippen LogP contribution < -0.4 is 21.5 Å². The highest BCUT2D eigenvalue weighted by atomic mass is 19.4. The van der Waals surface area contributed by atoms with Crippen LogP contribution in [0.5, 0.6) is 11.5 Å². The number of hydrogen-bond acceptors (Lipinski definition) is 10. The van der Waals surface area contributed by atoms with Gasteiger partial charge in [0, 0.05) is 30.8 Å². The van der Waals surface area contributed by atoms with Gasteiger partial charge in [-0.15, -0.1) is 0 Å². The van der Waals surface area contributed by atoms with Crippen LogP contribution in [0.2, 0.25) is 0 Å². The van der Waals surface area contributed by atoms with E-state index < -0.39 is 12.1 Å². The van der Waals surface area contributed by atoms with E-state index in [-0.39, 0.29) is 17.5 Å². The number of nitrogens with zero attached hydrogens (tertiary/aromatic N) is 6. The van der Waals surface area contributed by atoms with Crippen molar-refractivity contribution in [2.24, 2.45) is 10.7 Å². The van der Waals surface area contributed by atoms with Gasteiger partial charge in [-0.25, -0.2) is 19.4 Å². The number of fused-ring (bicyclic) bond motifs is 1. The summed E-state index contributed by atoms with van der Waals surface area (Å²) in [5.74, 6) is -1.04. The van der Waals surface area contributed by atoms with E-state index in [4.69, 9.17) is 35.7 Å². The number of phenols is 1. The molecule has 0 saturated carbocycles. The second-order valence-corrected chi connectivity index (χ2v) is 9.16. The van der Waals surface area contributed by atoms with Crippen molar-refractivity contribution in [1.82, 2.24) is 24.8 Å². The number of aryl methyl sites for hydroxylation is 1. The predicted octanol–water partition coefficient (Wildman–Crippen LogP) is 4.29. The minimum atomic E-state index is -5.08. The minimum Gasteiger partial charge on any atom is -0.508 e. The van der Waals surface area contributed by atoms with E-state index in [1.54, 1.807) is 30.5 Å². The Bertz CT molecular complexity index is 1770. The van der Waals surface area contributed by atoms with Crippen LogP contribution in [-0.4, -0.2) is 66.3 Å². The van der Waals surface area contributed by atoms with Crippen LogP contribution in [-0.2, 0) is 11.3 Å². The van der Waals surface area contributed by atoms with Gasteiger partial charge in [-0.2, -0.15) is 13.2 Å². The number of hydrogen-bond donors (Lipinski definition) is 5. The molecule has 0 spiro atoms. The first kappa shape index (κ1) is 32.1. The molecule has 0 fully saturated rings. The Morgan fingerprint density at radius 3 is 2.40 bits per heavy atom. The highest BCUT2D eigenvalue weighted by molar-refractivity contribution is 5.96. The smallest absolute Gasteiger partial charge is 0.490 e. The first-order valence-corrected chi connectivity index (χ1v) is 13.3. The topological polar surface area (TPSA) is 213 Å². The van der Waals surface area contributed by atoms with Gasteiger partial charge in [0.25, 0.3) is 0 Å². The van der Waals surface area contributed by atoms with E-state index in [0.717, 1.165) is 16.8 Å². The number of nitrogen functional groups attached to an aromatic ring is 1. The maximum Gasteiger partial charge on any atom is 0.490 e. The van der Waals surface area contributed by atoms with Gasteiger partial charge in [0.2, 0.25) is 0 Å². The van der Waals surface area contributed by atoms with Crippen LogP contribution in [0.3, 0.4) is 0 Å². The number of aromatic nitrogens is 5. The maximum atomic E-state index is 10.6. The Balaban J connectivity index is 0.000000591. The molecule has 5 rings (SSSR count). The largest absolute Gasteiger partial charge is 0.508 e. The van der Waals surface area contributed by atoms with Crippen molar-refractivity contribution in [3.63, 3.8) is 0 Å². The molecule has 0 unspecified atom stereocenters. The van der Waals surface area contributed by atoms with Gasteiger partial charge < -0.3 is 36.3 Å². The van der Waals surface area contributed by atoms with Crippen molar-refractivity contribution in [2.45, 2.75) is 26.1 Å². The molecule has 45 heavy (non-hydrogen) atoms. The molecule has 17 heteroatoms. The standard InChI is InChI=1S/C26H27N9O3.C2HF3O2/c1-2-35-23-19(37-14-6-13-29-26(28)31-17-9-11-18(36)12-10-17)15-30-20(16-7-4-3-5-8-16)21(23)32-25(35)22-24(27)34-38-33-22;3-2(4,5)1(6)7/h3-5,7-12,15,36H,2,6,13-14H2,1H3,(H2,27,34)(H3,28,29,31);(H,6,7). The summed E-state index contributed by atoms with van der Waals surface area (Å²) in [6.45, 7) is 3.42. The van der Waals surface area contributed by atoms with Crippen LogP contribution in [0.4, 0.5) is 24.7 Å². The number of aromatic hydroxyl groups is 1. The van der Waals surface area contributed by atoms with Gasteiger partial charge in [-0.1, -0.05) is 30.3 Å². The Labute approximate surface area is 253 Å². The van der Waals surface area contributed by atoms with E-state index in [2.05, 4.69) is 25.6 Å². The number of guanidine groups is 1. The third kappa shape index (κ3) is 7.95. The van der Waals surface area contributed by atoms with Gasteiger partial charge in [-0.3, -0.25) is 4.99 Å². The third-order valence-corrected chi connectivity index (χ3v) is 6.05. The van der Waals surface area contributed by atoms with Gasteiger partial charge in [0.15, 0.2) is 29.0 Å². The molecule has 5 aromatic rings. The fourth-order valence-electron chi connectivity index (χ4n) is 4.04. The van der Waals surface area contributed by atoms with Crippen molar-refractivity contribution < 1.29 is 37.5 Å². The van der Waals surface area contributed by atoms with Crippen molar-refractivity contribution in [3.05, 3.63) is 60.8 Å². The number of anilines is 2. The molecule has 0 aliphatic rings. The lowest BCUT2D eigenvalue weighted by Crippen LogP contribution is -2.23. The van der Waals surface area contributed by atoms with Crippen molar-refractivity contribution in [1.29, 1.82) is 0 Å². The molecule has 0 amide bonds. The lowest BCUT2D eigenvalue weighted by molar-refractivity contribution is -0.192. The summed E-state index contributed by atoms with van der Waals surface area (Å²) in [7, 11) is 0. The Morgan fingerprint density at radius 2 is 1.80 bits per heavy atom. The van der Waals surface area contributed by atoms with Crippen molar-refractivity contribution >= 4 is 34.5 Å². The third-order valence-electron chi connectivity index (χ3n) is 6.05. The Hall–Kier alpha value is -5.87. The number of rotatable bonds is 9. The molecule has 0 aliphatic carbocycles. The fraction of sp³-hybridized carbons (Fsp3) is 0.214. The molecule has 3 heterocycles. The minimum absolute atomic E-state index is 0.156. The lowest BCUT2D eigenvalue weighted by Gasteiger charge is -2.11. The summed E-state index contributed by atoms with van der Waals surface area (Å²) < 4.78 is 44.7. The number of aliphatic imine (C=N–C) groups is 1. The number of ether oxygens (including phenoxy) is 1. The van der Waals surface area contributed by atoms with E-state index in [1.165, 1.54) is 0 Å². The molecular weight excluding hydrogens is 599 g/mol. The molecule has 0 radical (unpaired) electrons. The monoisotopic (exact) mass is 627 g/mol. The number of alkyl halides is 3. The zero-order valence-electron chi connectivity index (χ0n) is 23.7. The Morgan fingerprint density at radius 1 is 1.11 bits per heavy atom. The van der Waals surface area contributed by atoms with Crippen LogP contribution in [0.15, 0.2) is 70.4 Å². The van der Waals surface area contributed by atoms with Crippen LogP contribution in [0.25, 0.3) is 33.8 Å². The second-order valence-electron chi connectivity index (χ2n) is 9.16. The van der Waals surface area contributed by atoms with E-state index in [1.807, 2.05) is 41.8 Å². The van der Waals surface area contributed by atoms with E-state index in [9.17, 15) is 18.3 Å². The predicted molar refractivity (Wildman–Crippen MR) is 158 cm³/mol. The van der Waals surface area contributed by atoms with Crippen LogP contribution >= 0.6 is 0 Å². The summed E-state index contributed by atoms with van der Waals surface area (Å²) in [4.78, 5) is 22.8. The molecular formula is C28H28F3N9O5. The van der Waals surface area contributed by atoms with Crippen molar-refractivity contribution in [3.8, 4) is 34.3 Å². The molecule has 0 saturated heterocycles. The summed E-state index contributed by atoms with van der Waals surface area (Å²) in [5, 5.41) is 27.2. The zero-order valence-corrected chi connectivity index (χ0v) is 23.7. The number of carboxylic acid groups (broad SMARTS) is 1. The first-order chi connectivity index (χ1) is 21.5. The van der Waals surface area contributed by atoms with Crippen LogP contribution in [0.1, 0.15) is 13.3 Å². The molecule has 3 aromatic heterocycles. The van der Waals surface area contributed by atoms with Crippen molar-refractivity contribution in [2.75, 3.05) is 24.2 Å². The highest BCUT2D eigenvalue weighted by Gasteiger charge is 2.38. The lowest BCUT2D eigenvalue weighted by atomic mass is 10.1. The number of aliphatic carboxylic acids is 1. The highest BCUT2D eigenvalue weighted by Crippen LogP contribution is 2.36. The number of halogens is 3. The van der Waals surface area contributed by atoms with E-state index in [0.29, 0.717) is 54.6 Å². The number of nitrogens with two attached hydrogens (primary N) is 2. The molecule has 14 nitrogen and oxygen atoms in total. The average Bonchev–Trinajstić information content (AvgIpc) is 3.61. The molecule has 236 valence electrons. The average molecular weight is 628 g/mol. The van der Waals surface area contributed by atoms with Gasteiger partial charge >= 0.3 is 12.1 Å². The molecule has 7 N–H and O–H groups in total. The summed E-state index contributed by atoms with van der Waals surface area (Å²) in [6, 6.07) is 16.4. The maximum absolute atomic E-state index is 10.6. The molecule has 0 atom stereocenters. The number of benzene rings is 2. The van der Waals surface area contributed by atoms with Gasteiger partial charge in [0.1, 0.15) is 16.8 Å². The fourth-order valence-corrected chi connectivity index (χ4v) is 4.04. The van der Waals surface area contributed by atoms with Gasteiger partial charge in [0.05, 0.1) is 18.5 Å². The second kappa shape index (κ2) is 14.1. The number of nitrogens with one attached hydrogen (secondary N) is 1. The van der Waals surface area contributed by atoms with Gasteiger partial charge in [-0.05, 0) is 41.5 Å². The molecule has 0 bridgehead atoms. The summed E-state index contributed by atoms with van der Waals surface area (Å²) >= 11 is 0. The number of imidazole rings is 1. The summed E-state index contributed by atoms with van der Waals surface area (Å²) in [5.41, 5.74) is 16.1. The number of carbonyl (C=O) groups is 1. The normalized spacial score (nSPS) is 11.6.